The van der Waals surface area contributed by atoms with Crippen LogP contribution >= 0.6 is 0 Å². The van der Waals surface area contributed by atoms with E-state index >= 15 is 0 Å². The molecule has 0 unspecified atom stereocenters. The second-order valence-electron chi connectivity index (χ2n) is 7.92. The highest BCUT2D eigenvalue weighted by Crippen LogP contribution is 2.43. The number of nitrogens with zero attached hydrogens (tertiary/aromatic N) is 1. The van der Waals surface area contributed by atoms with E-state index in [-0.39, 0.29) is 17.3 Å². The normalized spacial score (nSPS) is 21.9. The number of halogens is 1. The van der Waals surface area contributed by atoms with Gasteiger partial charge in [0.25, 0.3) is 0 Å². The molecule has 4 heteroatoms. The second-order valence-corrected chi connectivity index (χ2v) is 7.92. The van der Waals surface area contributed by atoms with E-state index in [4.69, 9.17) is 0 Å². The van der Waals surface area contributed by atoms with E-state index in [1.165, 1.54) is 17.2 Å². The Hall–Kier alpha value is -2.62. The van der Waals surface area contributed by atoms with E-state index in [2.05, 4.69) is 23.5 Å². The molecule has 1 heterocycles. The predicted octanol–water partition coefficient (Wildman–Crippen LogP) is 4.73. The molecule has 2 aromatic carbocycles. The Kier molecular flexibility index (Phi) is 4.29. The summed E-state index contributed by atoms with van der Waals surface area (Å²) in [5.41, 5.74) is 5.02. The summed E-state index contributed by atoms with van der Waals surface area (Å²) in [5.74, 6) is 0.795. The third-order valence-electron chi connectivity index (χ3n) is 5.83. The van der Waals surface area contributed by atoms with Crippen molar-refractivity contribution < 1.29 is 9.18 Å². The second kappa shape index (κ2) is 6.52. The van der Waals surface area contributed by atoms with Gasteiger partial charge in [0.05, 0.1) is 12.0 Å². The van der Waals surface area contributed by atoms with Gasteiger partial charge in [-0.15, -0.1) is 0 Å². The van der Waals surface area contributed by atoms with Crippen LogP contribution in [0.15, 0.2) is 53.9 Å². The molecule has 1 fully saturated rings. The van der Waals surface area contributed by atoms with Crippen LogP contribution in [0.5, 0.6) is 0 Å². The highest BCUT2D eigenvalue weighted by atomic mass is 19.1. The number of fused-ring (bicyclic) bond motifs is 2. The summed E-state index contributed by atoms with van der Waals surface area (Å²) >= 11 is 0. The standard InChI is InChI=1S/C23H25FN2O/c1-15(2)22-25-23(14-21(27)26(22)3)11-5-7-16-9-10-18(13-20(16)23)17-6-4-8-19(24)12-17/h4,6,8-10,12-13,25H,5,7,11,14H2,1-3H3/t23-/m0/s1. The van der Waals surface area contributed by atoms with Gasteiger partial charge in [0.15, 0.2) is 0 Å². The first kappa shape index (κ1) is 17.8. The van der Waals surface area contributed by atoms with Crippen molar-refractivity contribution in [2.45, 2.75) is 45.1 Å². The zero-order valence-electron chi connectivity index (χ0n) is 16.1. The third-order valence-corrected chi connectivity index (χ3v) is 5.83. The summed E-state index contributed by atoms with van der Waals surface area (Å²) in [6.07, 6.45) is 3.42. The van der Waals surface area contributed by atoms with E-state index in [0.717, 1.165) is 41.8 Å². The number of carbonyl (C=O) groups excluding carboxylic acids is 1. The molecule has 1 saturated heterocycles. The van der Waals surface area contributed by atoms with Crippen LogP contribution < -0.4 is 5.32 Å². The number of hydrogen-bond donors (Lipinski definition) is 1. The van der Waals surface area contributed by atoms with Crippen molar-refractivity contribution in [3.8, 4) is 11.1 Å². The zero-order valence-corrected chi connectivity index (χ0v) is 16.1. The minimum absolute atomic E-state index is 0.133. The van der Waals surface area contributed by atoms with E-state index in [1.807, 2.05) is 27.0 Å². The van der Waals surface area contributed by atoms with Gasteiger partial charge in [-0.2, -0.15) is 0 Å². The summed E-state index contributed by atoms with van der Waals surface area (Å²) in [7, 11) is 1.83. The van der Waals surface area contributed by atoms with Gasteiger partial charge in [-0.1, -0.05) is 24.3 Å². The summed E-state index contributed by atoms with van der Waals surface area (Å²) in [5, 5.41) is 3.71. The van der Waals surface area contributed by atoms with Gasteiger partial charge in [-0.05, 0) is 79.1 Å². The van der Waals surface area contributed by atoms with Gasteiger partial charge >= 0.3 is 0 Å². The minimum atomic E-state index is -0.382. The molecule has 27 heavy (non-hydrogen) atoms. The number of aryl methyl sites for hydroxylation is 1. The van der Waals surface area contributed by atoms with E-state index in [9.17, 15) is 9.18 Å². The Balaban J connectivity index is 1.84. The third kappa shape index (κ3) is 3.03. The fraction of sp³-hybridized carbons (Fsp3) is 0.348. The molecular formula is C23H25FN2O. The number of amides is 1. The summed E-state index contributed by atoms with van der Waals surface area (Å²) in [4.78, 5) is 14.5. The molecule has 4 rings (SSSR count). The first-order chi connectivity index (χ1) is 12.9. The van der Waals surface area contributed by atoms with Crippen molar-refractivity contribution in [1.29, 1.82) is 0 Å². The van der Waals surface area contributed by atoms with Gasteiger partial charge in [0.2, 0.25) is 5.91 Å². The van der Waals surface area contributed by atoms with Gasteiger partial charge < -0.3 is 10.2 Å². The molecular weight excluding hydrogens is 339 g/mol. The molecule has 2 aliphatic rings. The average molecular weight is 364 g/mol. The molecule has 0 aromatic heterocycles. The molecule has 1 amide bonds. The first-order valence-corrected chi connectivity index (χ1v) is 9.51. The lowest BCUT2D eigenvalue weighted by Crippen LogP contribution is -2.56. The quantitative estimate of drug-likeness (QED) is 0.794. The minimum Gasteiger partial charge on any atom is -0.361 e. The Bertz CT molecular complexity index is 945. The van der Waals surface area contributed by atoms with Crippen LogP contribution in [0.3, 0.4) is 0 Å². The Morgan fingerprint density at radius 2 is 1.93 bits per heavy atom. The Morgan fingerprint density at radius 3 is 2.67 bits per heavy atom. The van der Waals surface area contributed by atoms with Crippen LogP contribution in [0.4, 0.5) is 4.39 Å². The number of allylic oxidation sites excluding steroid dienone is 1. The fourth-order valence-corrected chi connectivity index (χ4v) is 4.43. The Morgan fingerprint density at radius 1 is 1.15 bits per heavy atom. The zero-order chi connectivity index (χ0) is 19.2. The molecule has 3 nitrogen and oxygen atoms in total. The Labute approximate surface area is 159 Å². The summed E-state index contributed by atoms with van der Waals surface area (Å²) in [6.45, 7) is 4.05. The van der Waals surface area contributed by atoms with Gasteiger partial charge in [-0.3, -0.25) is 4.79 Å². The van der Waals surface area contributed by atoms with Crippen LogP contribution in [0, 0.1) is 5.82 Å². The van der Waals surface area contributed by atoms with Crippen molar-refractivity contribution in [2.75, 3.05) is 7.05 Å². The van der Waals surface area contributed by atoms with Gasteiger partial charge in [0.1, 0.15) is 11.6 Å². The van der Waals surface area contributed by atoms with Crippen LogP contribution in [0.25, 0.3) is 11.1 Å². The van der Waals surface area contributed by atoms with Crippen LogP contribution in [-0.2, 0) is 16.8 Å². The largest absolute Gasteiger partial charge is 0.361 e. The molecule has 0 saturated carbocycles. The summed E-state index contributed by atoms with van der Waals surface area (Å²) in [6, 6.07) is 13.0. The molecule has 1 spiro atoms. The maximum absolute atomic E-state index is 13.7. The van der Waals surface area contributed by atoms with Crippen molar-refractivity contribution >= 4 is 5.91 Å². The lowest BCUT2D eigenvalue weighted by molar-refractivity contribution is -0.133. The lowest BCUT2D eigenvalue weighted by atomic mass is 9.72. The fourth-order valence-electron chi connectivity index (χ4n) is 4.43. The maximum atomic E-state index is 13.7. The van der Waals surface area contributed by atoms with Crippen molar-refractivity contribution in [1.82, 2.24) is 10.2 Å². The number of hydrogen-bond acceptors (Lipinski definition) is 2. The van der Waals surface area contributed by atoms with Crippen LogP contribution in [0.2, 0.25) is 0 Å². The van der Waals surface area contributed by atoms with Crippen molar-refractivity contribution in [3.05, 3.63) is 70.8 Å². The number of rotatable bonds is 1. The topological polar surface area (TPSA) is 32.3 Å². The maximum Gasteiger partial charge on any atom is 0.230 e. The molecule has 0 radical (unpaired) electrons. The molecule has 1 aliphatic carbocycles. The smallest absolute Gasteiger partial charge is 0.230 e. The molecule has 1 atom stereocenters. The first-order valence-electron chi connectivity index (χ1n) is 9.51. The molecule has 2 aromatic rings. The van der Waals surface area contributed by atoms with Gasteiger partial charge in [-0.25, -0.2) is 4.39 Å². The predicted molar refractivity (Wildman–Crippen MR) is 105 cm³/mol. The number of benzene rings is 2. The van der Waals surface area contributed by atoms with Gasteiger partial charge in [0, 0.05) is 7.05 Å². The highest BCUT2D eigenvalue weighted by Gasteiger charge is 2.44. The van der Waals surface area contributed by atoms with E-state index in [0.29, 0.717) is 6.42 Å². The molecule has 140 valence electrons. The molecule has 1 aliphatic heterocycles. The molecule has 0 bridgehead atoms. The monoisotopic (exact) mass is 364 g/mol. The van der Waals surface area contributed by atoms with Crippen LogP contribution in [-0.4, -0.2) is 17.9 Å². The lowest BCUT2D eigenvalue weighted by Gasteiger charge is -2.47. The highest BCUT2D eigenvalue weighted by molar-refractivity contribution is 5.81. The van der Waals surface area contributed by atoms with E-state index < -0.39 is 0 Å². The number of nitrogens with one attached hydrogen (secondary N) is 1. The van der Waals surface area contributed by atoms with E-state index in [1.54, 1.807) is 17.0 Å². The SMILES string of the molecule is CC(C)=C1N[C@@]2(CCCc3ccc(-c4cccc(F)c4)cc32)CC(=O)N1C. The summed E-state index contributed by atoms with van der Waals surface area (Å²) < 4.78 is 13.7. The van der Waals surface area contributed by atoms with Crippen molar-refractivity contribution in [2.24, 2.45) is 0 Å². The van der Waals surface area contributed by atoms with Crippen molar-refractivity contribution in [3.63, 3.8) is 0 Å². The van der Waals surface area contributed by atoms with Crippen LogP contribution in [0.1, 0.15) is 44.2 Å². The number of carbonyl (C=O) groups is 1. The average Bonchev–Trinajstić information content (AvgIpc) is 2.65. The molecule has 1 N–H and O–H groups in total.